The highest BCUT2D eigenvalue weighted by atomic mass is 19.1. The lowest BCUT2D eigenvalue weighted by Crippen LogP contribution is -2.23. The van der Waals surface area contributed by atoms with Crippen LogP contribution in [0.2, 0.25) is 0 Å². The lowest BCUT2D eigenvalue weighted by molar-refractivity contribution is 0.318. The van der Waals surface area contributed by atoms with Gasteiger partial charge in [-0.2, -0.15) is 0 Å². The lowest BCUT2D eigenvalue weighted by Gasteiger charge is -2.11. The molecular weight excluding hydrogens is 233 g/mol. The minimum Gasteiger partial charge on any atom is -0.409 e. The average Bonchev–Trinajstić information content (AvgIpc) is 3.09. The van der Waals surface area contributed by atoms with Crippen molar-refractivity contribution in [1.82, 2.24) is 5.32 Å². The van der Waals surface area contributed by atoms with Gasteiger partial charge in [0.15, 0.2) is 5.84 Å². The van der Waals surface area contributed by atoms with E-state index in [-0.39, 0.29) is 11.4 Å². The maximum absolute atomic E-state index is 14.0. The highest BCUT2D eigenvalue weighted by Gasteiger charge is 2.36. The Morgan fingerprint density at radius 3 is 2.89 bits per heavy atom. The van der Waals surface area contributed by atoms with E-state index in [4.69, 9.17) is 10.9 Å². The van der Waals surface area contributed by atoms with Crippen molar-refractivity contribution in [1.29, 1.82) is 0 Å². The molecule has 0 atom stereocenters. The molecule has 0 radical (unpaired) electrons. The summed E-state index contributed by atoms with van der Waals surface area (Å²) in [4.78, 5) is 0. The molecule has 0 aliphatic heterocycles. The molecule has 0 spiro atoms. The van der Waals surface area contributed by atoms with Crippen LogP contribution in [0.25, 0.3) is 0 Å². The van der Waals surface area contributed by atoms with Crippen molar-refractivity contribution in [3.63, 3.8) is 0 Å². The van der Waals surface area contributed by atoms with E-state index in [9.17, 15) is 4.39 Å². The highest BCUT2D eigenvalue weighted by Crippen LogP contribution is 2.44. The zero-order valence-corrected chi connectivity index (χ0v) is 10.4. The summed E-state index contributed by atoms with van der Waals surface area (Å²) in [6, 6.07) is 4.90. The molecule has 1 aromatic carbocycles. The SMILES string of the molecule is CC1(CNCc2cccc(/C(N)=N/O)c2F)CC1. The Balaban J connectivity index is 2.04. The number of hydrogen-bond acceptors (Lipinski definition) is 3. The van der Waals surface area contributed by atoms with E-state index in [0.29, 0.717) is 17.5 Å². The Morgan fingerprint density at radius 2 is 2.28 bits per heavy atom. The van der Waals surface area contributed by atoms with Gasteiger partial charge in [-0.15, -0.1) is 0 Å². The van der Waals surface area contributed by atoms with Crippen LogP contribution in [-0.4, -0.2) is 17.6 Å². The molecule has 0 bridgehead atoms. The van der Waals surface area contributed by atoms with E-state index in [2.05, 4.69) is 17.4 Å². The third-order valence-corrected chi connectivity index (χ3v) is 3.43. The molecule has 5 heteroatoms. The summed E-state index contributed by atoms with van der Waals surface area (Å²) >= 11 is 0. The molecule has 98 valence electrons. The number of nitrogens with two attached hydrogens (primary N) is 1. The summed E-state index contributed by atoms with van der Waals surface area (Å²) in [5.41, 5.74) is 6.46. The number of rotatable bonds is 5. The van der Waals surface area contributed by atoms with Crippen molar-refractivity contribution >= 4 is 5.84 Å². The first-order chi connectivity index (χ1) is 8.56. The molecule has 0 unspecified atom stereocenters. The van der Waals surface area contributed by atoms with Gasteiger partial charge in [0.05, 0.1) is 5.56 Å². The minimum atomic E-state index is -0.429. The van der Waals surface area contributed by atoms with Crippen LogP contribution in [0.5, 0.6) is 0 Å². The van der Waals surface area contributed by atoms with Gasteiger partial charge < -0.3 is 16.3 Å². The quantitative estimate of drug-likeness (QED) is 0.323. The van der Waals surface area contributed by atoms with Crippen LogP contribution in [-0.2, 0) is 6.54 Å². The Labute approximate surface area is 106 Å². The number of amidine groups is 1. The van der Waals surface area contributed by atoms with Gasteiger partial charge in [0, 0.05) is 18.7 Å². The van der Waals surface area contributed by atoms with Gasteiger partial charge in [0.25, 0.3) is 0 Å². The van der Waals surface area contributed by atoms with E-state index in [1.54, 1.807) is 12.1 Å². The van der Waals surface area contributed by atoms with Crippen molar-refractivity contribution in [3.8, 4) is 0 Å². The Bertz CT molecular complexity index is 469. The maximum atomic E-state index is 14.0. The number of nitrogens with zero attached hydrogens (tertiary/aromatic N) is 1. The molecule has 1 aliphatic carbocycles. The molecule has 1 aromatic rings. The molecule has 18 heavy (non-hydrogen) atoms. The average molecular weight is 251 g/mol. The molecule has 1 aliphatic rings. The first-order valence-corrected chi connectivity index (χ1v) is 6.02. The molecule has 0 aromatic heterocycles. The van der Waals surface area contributed by atoms with Gasteiger partial charge in [0.1, 0.15) is 5.82 Å². The number of benzene rings is 1. The fourth-order valence-electron chi connectivity index (χ4n) is 1.86. The van der Waals surface area contributed by atoms with E-state index in [1.165, 1.54) is 18.9 Å². The normalized spacial score (nSPS) is 17.8. The van der Waals surface area contributed by atoms with E-state index in [1.807, 2.05) is 0 Å². The van der Waals surface area contributed by atoms with Gasteiger partial charge in [-0.05, 0) is 24.3 Å². The van der Waals surface area contributed by atoms with Crippen molar-refractivity contribution < 1.29 is 9.60 Å². The summed E-state index contributed by atoms with van der Waals surface area (Å²) in [5, 5.41) is 14.6. The first-order valence-electron chi connectivity index (χ1n) is 6.02. The molecule has 0 amide bonds. The van der Waals surface area contributed by atoms with E-state index >= 15 is 0 Å². The Hall–Kier alpha value is -1.62. The topological polar surface area (TPSA) is 70.6 Å². The monoisotopic (exact) mass is 251 g/mol. The van der Waals surface area contributed by atoms with Crippen LogP contribution in [0.3, 0.4) is 0 Å². The van der Waals surface area contributed by atoms with E-state index < -0.39 is 5.82 Å². The van der Waals surface area contributed by atoms with Gasteiger partial charge >= 0.3 is 0 Å². The lowest BCUT2D eigenvalue weighted by atomic mass is 10.1. The number of halogens is 1. The van der Waals surface area contributed by atoms with Crippen molar-refractivity contribution in [2.75, 3.05) is 6.54 Å². The summed E-state index contributed by atoms with van der Waals surface area (Å²) in [7, 11) is 0. The van der Waals surface area contributed by atoms with Gasteiger partial charge in [-0.3, -0.25) is 0 Å². The molecule has 4 nitrogen and oxygen atoms in total. The number of oxime groups is 1. The van der Waals surface area contributed by atoms with E-state index in [0.717, 1.165) is 6.54 Å². The summed E-state index contributed by atoms with van der Waals surface area (Å²) in [5.74, 6) is -0.634. The van der Waals surface area contributed by atoms with Gasteiger partial charge in [-0.1, -0.05) is 24.2 Å². The van der Waals surface area contributed by atoms with Crippen LogP contribution < -0.4 is 11.1 Å². The predicted molar refractivity (Wildman–Crippen MR) is 68.0 cm³/mol. The minimum absolute atomic E-state index is 0.134. The zero-order valence-electron chi connectivity index (χ0n) is 10.4. The molecule has 2 rings (SSSR count). The molecule has 0 heterocycles. The third kappa shape index (κ3) is 2.79. The second kappa shape index (κ2) is 4.94. The van der Waals surface area contributed by atoms with Gasteiger partial charge in [-0.25, -0.2) is 4.39 Å². The fourth-order valence-corrected chi connectivity index (χ4v) is 1.86. The Kier molecular flexibility index (Phi) is 3.52. The number of nitrogens with one attached hydrogen (secondary N) is 1. The summed E-state index contributed by atoms with van der Waals surface area (Å²) < 4.78 is 14.0. The maximum Gasteiger partial charge on any atom is 0.173 e. The smallest absolute Gasteiger partial charge is 0.173 e. The second-order valence-corrected chi connectivity index (χ2v) is 5.18. The predicted octanol–water partition coefficient (Wildman–Crippen LogP) is 1.81. The van der Waals surface area contributed by atoms with Crippen molar-refractivity contribution in [3.05, 3.63) is 35.1 Å². The van der Waals surface area contributed by atoms with Gasteiger partial charge in [0.2, 0.25) is 0 Å². The zero-order chi connectivity index (χ0) is 13.2. The van der Waals surface area contributed by atoms with Crippen molar-refractivity contribution in [2.45, 2.75) is 26.3 Å². The molecule has 1 saturated carbocycles. The van der Waals surface area contributed by atoms with Crippen LogP contribution in [0, 0.1) is 11.2 Å². The molecule has 1 fully saturated rings. The van der Waals surface area contributed by atoms with Crippen molar-refractivity contribution in [2.24, 2.45) is 16.3 Å². The van der Waals surface area contributed by atoms with Crippen LogP contribution in [0.4, 0.5) is 4.39 Å². The highest BCUT2D eigenvalue weighted by molar-refractivity contribution is 5.97. The Morgan fingerprint density at radius 1 is 1.56 bits per heavy atom. The molecule has 0 saturated heterocycles. The first kappa shape index (κ1) is 12.8. The largest absolute Gasteiger partial charge is 0.409 e. The summed E-state index contributed by atoms with van der Waals surface area (Å²) in [6.07, 6.45) is 2.46. The third-order valence-electron chi connectivity index (χ3n) is 3.43. The molecular formula is C13H18FN3O. The standard InChI is InChI=1S/C13H18FN3O/c1-13(5-6-13)8-16-7-9-3-2-4-10(11(9)14)12(15)17-18/h2-4,16,18H,5-8H2,1H3,(H2,15,17). The number of hydrogen-bond donors (Lipinski definition) is 3. The second-order valence-electron chi connectivity index (χ2n) is 5.18. The fraction of sp³-hybridized carbons (Fsp3) is 0.462. The van der Waals surface area contributed by atoms with Crippen LogP contribution in [0.15, 0.2) is 23.4 Å². The molecule has 4 N–H and O–H groups in total. The van der Waals surface area contributed by atoms with Crippen LogP contribution >= 0.6 is 0 Å². The van der Waals surface area contributed by atoms with Crippen LogP contribution in [0.1, 0.15) is 30.9 Å². The summed E-state index contributed by atoms with van der Waals surface area (Å²) in [6.45, 7) is 3.55.